The van der Waals surface area contributed by atoms with Crippen molar-refractivity contribution in [2.24, 2.45) is 0 Å². The zero-order valence-corrected chi connectivity index (χ0v) is 9.68. The highest BCUT2D eigenvalue weighted by molar-refractivity contribution is 4.74. The predicted octanol–water partition coefficient (Wildman–Crippen LogP) is 0.670. The molecule has 0 aromatic heterocycles. The van der Waals surface area contributed by atoms with Gasteiger partial charge in [0.25, 0.3) is 0 Å². The van der Waals surface area contributed by atoms with Crippen LogP contribution in [0, 0.1) is 0 Å². The molecular formula is C11H25N3. The van der Waals surface area contributed by atoms with Crippen LogP contribution >= 0.6 is 0 Å². The molecule has 0 unspecified atom stereocenters. The second kappa shape index (κ2) is 7.21. The van der Waals surface area contributed by atoms with Crippen molar-refractivity contribution in [3.05, 3.63) is 0 Å². The van der Waals surface area contributed by atoms with Gasteiger partial charge in [-0.1, -0.05) is 6.92 Å². The zero-order valence-electron chi connectivity index (χ0n) is 9.68. The molecule has 1 aliphatic heterocycles. The average Bonchev–Trinajstić information content (AvgIpc) is 2.20. The maximum Gasteiger partial charge on any atom is 0.0104 e. The van der Waals surface area contributed by atoms with Gasteiger partial charge in [0.1, 0.15) is 0 Å². The number of nitrogens with zero attached hydrogens (tertiary/aromatic N) is 1. The van der Waals surface area contributed by atoms with Crippen molar-refractivity contribution in [1.82, 2.24) is 15.5 Å². The summed E-state index contributed by atoms with van der Waals surface area (Å²) < 4.78 is 0. The van der Waals surface area contributed by atoms with Crippen LogP contribution < -0.4 is 10.6 Å². The zero-order chi connectivity index (χ0) is 10.2. The monoisotopic (exact) mass is 199 g/mol. The molecule has 3 nitrogen and oxygen atoms in total. The smallest absolute Gasteiger partial charge is 0.0104 e. The summed E-state index contributed by atoms with van der Waals surface area (Å²) in [6, 6.07) is 0.756. The molecule has 0 aliphatic carbocycles. The van der Waals surface area contributed by atoms with E-state index < -0.39 is 0 Å². The lowest BCUT2D eigenvalue weighted by molar-refractivity contribution is 0.310. The highest BCUT2D eigenvalue weighted by Crippen LogP contribution is 2.00. The summed E-state index contributed by atoms with van der Waals surface area (Å²) in [7, 11) is 2.20. The van der Waals surface area contributed by atoms with E-state index in [9.17, 15) is 0 Å². The van der Waals surface area contributed by atoms with Crippen molar-refractivity contribution in [1.29, 1.82) is 0 Å². The first-order valence-electron chi connectivity index (χ1n) is 5.95. The van der Waals surface area contributed by atoms with E-state index in [0.717, 1.165) is 12.6 Å². The maximum absolute atomic E-state index is 3.63. The number of piperidine rings is 1. The molecule has 1 fully saturated rings. The van der Waals surface area contributed by atoms with E-state index in [1.807, 2.05) is 0 Å². The van der Waals surface area contributed by atoms with E-state index in [0.29, 0.717) is 0 Å². The summed E-state index contributed by atoms with van der Waals surface area (Å²) in [6.07, 6.45) is 3.83. The Bertz CT molecular complexity index is 132. The van der Waals surface area contributed by atoms with E-state index >= 15 is 0 Å². The normalized spacial score (nSPS) is 19.1. The predicted molar refractivity (Wildman–Crippen MR) is 61.7 cm³/mol. The van der Waals surface area contributed by atoms with E-state index in [1.54, 1.807) is 0 Å². The van der Waals surface area contributed by atoms with Crippen LogP contribution in [0.4, 0.5) is 0 Å². The van der Waals surface area contributed by atoms with Gasteiger partial charge in [0.2, 0.25) is 0 Å². The fourth-order valence-electron chi connectivity index (χ4n) is 1.98. The van der Waals surface area contributed by atoms with Gasteiger partial charge in [-0.25, -0.2) is 0 Å². The molecule has 1 saturated heterocycles. The Kier molecular flexibility index (Phi) is 6.15. The van der Waals surface area contributed by atoms with Crippen LogP contribution in [0.1, 0.15) is 26.2 Å². The third-order valence-corrected chi connectivity index (χ3v) is 2.87. The van der Waals surface area contributed by atoms with Crippen molar-refractivity contribution in [3.8, 4) is 0 Å². The highest BCUT2D eigenvalue weighted by Gasteiger charge is 2.11. The van der Waals surface area contributed by atoms with Gasteiger partial charge in [-0.15, -0.1) is 0 Å². The van der Waals surface area contributed by atoms with Gasteiger partial charge in [-0.3, -0.25) is 0 Å². The topological polar surface area (TPSA) is 27.3 Å². The Morgan fingerprint density at radius 1 is 1.29 bits per heavy atom. The molecule has 0 bridgehead atoms. The Morgan fingerprint density at radius 2 is 2.00 bits per heavy atom. The summed E-state index contributed by atoms with van der Waals surface area (Å²) in [6.45, 7) is 8.13. The SMILES string of the molecule is CCCN(C)CCNC1CCNCC1. The Morgan fingerprint density at radius 3 is 2.64 bits per heavy atom. The Labute approximate surface area is 88.2 Å². The molecule has 14 heavy (non-hydrogen) atoms. The van der Waals surface area contributed by atoms with Crippen LogP contribution in [-0.2, 0) is 0 Å². The number of hydrogen-bond acceptors (Lipinski definition) is 3. The summed E-state index contributed by atoms with van der Waals surface area (Å²) in [5.74, 6) is 0. The minimum Gasteiger partial charge on any atom is -0.317 e. The molecule has 0 atom stereocenters. The van der Waals surface area contributed by atoms with Gasteiger partial charge in [0.05, 0.1) is 0 Å². The molecule has 0 amide bonds. The minimum atomic E-state index is 0.756. The maximum atomic E-state index is 3.63. The van der Waals surface area contributed by atoms with E-state index in [1.165, 1.54) is 45.4 Å². The first-order chi connectivity index (χ1) is 6.83. The van der Waals surface area contributed by atoms with Crippen LogP contribution in [0.5, 0.6) is 0 Å². The first kappa shape index (κ1) is 12.0. The van der Waals surface area contributed by atoms with Crippen LogP contribution in [0.25, 0.3) is 0 Å². The first-order valence-corrected chi connectivity index (χ1v) is 5.95. The van der Waals surface area contributed by atoms with Crippen molar-refractivity contribution in [2.45, 2.75) is 32.2 Å². The number of likely N-dealkylation sites (N-methyl/N-ethyl adjacent to an activating group) is 1. The van der Waals surface area contributed by atoms with E-state index in [2.05, 4.69) is 29.5 Å². The van der Waals surface area contributed by atoms with E-state index in [-0.39, 0.29) is 0 Å². The number of nitrogens with one attached hydrogen (secondary N) is 2. The molecule has 0 aromatic carbocycles. The Balaban J connectivity index is 1.96. The molecule has 1 aliphatic rings. The lowest BCUT2D eigenvalue weighted by Crippen LogP contribution is -2.42. The van der Waals surface area contributed by atoms with Gasteiger partial charge in [0, 0.05) is 19.1 Å². The average molecular weight is 199 g/mol. The fourth-order valence-corrected chi connectivity index (χ4v) is 1.98. The summed E-state index contributed by atoms with van der Waals surface area (Å²) in [4.78, 5) is 2.40. The van der Waals surface area contributed by atoms with Crippen LogP contribution in [0.15, 0.2) is 0 Å². The van der Waals surface area contributed by atoms with Gasteiger partial charge in [-0.05, 0) is 45.9 Å². The van der Waals surface area contributed by atoms with Gasteiger partial charge >= 0.3 is 0 Å². The fraction of sp³-hybridized carbons (Fsp3) is 1.00. The molecular weight excluding hydrogens is 174 g/mol. The van der Waals surface area contributed by atoms with E-state index in [4.69, 9.17) is 0 Å². The van der Waals surface area contributed by atoms with Crippen molar-refractivity contribution < 1.29 is 0 Å². The van der Waals surface area contributed by atoms with Gasteiger partial charge in [0.15, 0.2) is 0 Å². The minimum absolute atomic E-state index is 0.756. The molecule has 0 saturated carbocycles. The lowest BCUT2D eigenvalue weighted by Gasteiger charge is -2.25. The molecule has 0 aromatic rings. The number of hydrogen-bond donors (Lipinski definition) is 2. The summed E-state index contributed by atoms with van der Waals surface area (Å²) in [5.41, 5.74) is 0. The lowest BCUT2D eigenvalue weighted by atomic mass is 10.1. The van der Waals surface area contributed by atoms with Crippen molar-refractivity contribution in [2.75, 3.05) is 39.8 Å². The molecule has 1 heterocycles. The van der Waals surface area contributed by atoms with Crippen molar-refractivity contribution >= 4 is 0 Å². The highest BCUT2D eigenvalue weighted by atomic mass is 15.1. The summed E-state index contributed by atoms with van der Waals surface area (Å²) in [5, 5.41) is 7.01. The summed E-state index contributed by atoms with van der Waals surface area (Å²) >= 11 is 0. The van der Waals surface area contributed by atoms with Gasteiger partial charge < -0.3 is 15.5 Å². The van der Waals surface area contributed by atoms with Crippen LogP contribution in [-0.4, -0.2) is 50.7 Å². The second-order valence-corrected chi connectivity index (χ2v) is 4.28. The molecule has 0 radical (unpaired) electrons. The quantitative estimate of drug-likeness (QED) is 0.658. The van der Waals surface area contributed by atoms with Crippen LogP contribution in [0.3, 0.4) is 0 Å². The molecule has 2 N–H and O–H groups in total. The number of rotatable bonds is 6. The van der Waals surface area contributed by atoms with Crippen LogP contribution in [0.2, 0.25) is 0 Å². The molecule has 84 valence electrons. The van der Waals surface area contributed by atoms with Gasteiger partial charge in [-0.2, -0.15) is 0 Å². The molecule has 1 rings (SSSR count). The second-order valence-electron chi connectivity index (χ2n) is 4.28. The molecule has 3 heteroatoms. The van der Waals surface area contributed by atoms with Crippen molar-refractivity contribution in [3.63, 3.8) is 0 Å². The third-order valence-electron chi connectivity index (χ3n) is 2.87. The largest absolute Gasteiger partial charge is 0.317 e. The Hall–Kier alpha value is -0.120. The standard InChI is InChI=1S/C11H25N3/c1-3-9-14(2)10-8-13-11-4-6-12-7-5-11/h11-13H,3-10H2,1-2H3. The third kappa shape index (κ3) is 4.94. The molecule has 0 spiro atoms.